The third kappa shape index (κ3) is 2.63. The summed E-state index contributed by atoms with van der Waals surface area (Å²) in [5, 5.41) is 3.44. The van der Waals surface area contributed by atoms with Crippen molar-refractivity contribution in [1.82, 2.24) is 10.3 Å². The molecule has 1 heterocycles. The number of hydrogen-bond donors (Lipinski definition) is 2. The Bertz CT molecular complexity index is 468. The standard InChI is InChI=1S/C14H17N3/c1-2-16-13(11-7-4-3-5-8-11)12-9-6-10-17-14(12)15/h3-10,13,16H,2H2,1H3,(H2,15,17). The van der Waals surface area contributed by atoms with Crippen molar-refractivity contribution in [3.05, 3.63) is 59.8 Å². The van der Waals surface area contributed by atoms with Crippen LogP contribution in [0.25, 0.3) is 0 Å². The number of aromatic nitrogens is 1. The van der Waals surface area contributed by atoms with Crippen LogP contribution in [0.15, 0.2) is 48.7 Å². The van der Waals surface area contributed by atoms with Crippen LogP contribution in [0.1, 0.15) is 24.1 Å². The van der Waals surface area contributed by atoms with Crippen LogP contribution >= 0.6 is 0 Å². The van der Waals surface area contributed by atoms with Gasteiger partial charge in [0.1, 0.15) is 5.82 Å². The molecular weight excluding hydrogens is 210 g/mol. The summed E-state index contributed by atoms with van der Waals surface area (Å²) in [6.45, 7) is 2.97. The van der Waals surface area contributed by atoms with Gasteiger partial charge < -0.3 is 11.1 Å². The highest BCUT2D eigenvalue weighted by molar-refractivity contribution is 5.45. The van der Waals surface area contributed by atoms with Crippen LogP contribution in [-0.2, 0) is 0 Å². The lowest BCUT2D eigenvalue weighted by Gasteiger charge is -2.19. The minimum atomic E-state index is 0.106. The molecule has 1 aromatic heterocycles. The Labute approximate surface area is 102 Å². The van der Waals surface area contributed by atoms with E-state index in [1.165, 1.54) is 5.56 Å². The lowest BCUT2D eigenvalue weighted by Crippen LogP contribution is -2.23. The molecule has 3 nitrogen and oxygen atoms in total. The van der Waals surface area contributed by atoms with Crippen LogP contribution in [-0.4, -0.2) is 11.5 Å². The Balaban J connectivity index is 2.39. The number of hydrogen-bond acceptors (Lipinski definition) is 3. The summed E-state index contributed by atoms with van der Waals surface area (Å²) in [6, 6.07) is 14.3. The van der Waals surface area contributed by atoms with E-state index in [1.54, 1.807) is 6.20 Å². The maximum Gasteiger partial charge on any atom is 0.128 e. The van der Waals surface area contributed by atoms with E-state index in [-0.39, 0.29) is 6.04 Å². The Kier molecular flexibility index (Phi) is 3.73. The molecule has 0 aliphatic heterocycles. The SMILES string of the molecule is CCNC(c1ccccc1)c1cccnc1N. The molecule has 0 fully saturated rings. The first-order chi connectivity index (χ1) is 8.33. The highest BCUT2D eigenvalue weighted by Crippen LogP contribution is 2.24. The Morgan fingerprint density at radius 2 is 1.94 bits per heavy atom. The lowest BCUT2D eigenvalue weighted by atomic mass is 9.99. The van der Waals surface area contributed by atoms with Gasteiger partial charge in [0, 0.05) is 11.8 Å². The third-order valence-electron chi connectivity index (χ3n) is 2.72. The van der Waals surface area contributed by atoms with Crippen molar-refractivity contribution in [2.24, 2.45) is 0 Å². The fourth-order valence-electron chi connectivity index (χ4n) is 1.93. The molecule has 2 rings (SSSR count). The second-order valence-electron chi connectivity index (χ2n) is 3.88. The number of pyridine rings is 1. The van der Waals surface area contributed by atoms with E-state index in [0.717, 1.165) is 12.1 Å². The van der Waals surface area contributed by atoms with Gasteiger partial charge in [0.15, 0.2) is 0 Å². The molecular formula is C14H17N3. The molecule has 2 aromatic rings. The molecule has 0 saturated carbocycles. The Hall–Kier alpha value is -1.87. The van der Waals surface area contributed by atoms with Crippen molar-refractivity contribution in [2.75, 3.05) is 12.3 Å². The van der Waals surface area contributed by atoms with E-state index in [1.807, 2.05) is 30.3 Å². The van der Waals surface area contributed by atoms with Crippen molar-refractivity contribution >= 4 is 5.82 Å². The summed E-state index contributed by atoms with van der Waals surface area (Å²) >= 11 is 0. The van der Waals surface area contributed by atoms with E-state index in [0.29, 0.717) is 5.82 Å². The van der Waals surface area contributed by atoms with Crippen LogP contribution in [0.3, 0.4) is 0 Å². The van der Waals surface area contributed by atoms with Crippen LogP contribution in [0, 0.1) is 0 Å². The minimum Gasteiger partial charge on any atom is -0.383 e. The average Bonchev–Trinajstić information content (AvgIpc) is 2.38. The Morgan fingerprint density at radius 3 is 2.59 bits per heavy atom. The van der Waals surface area contributed by atoms with Crippen LogP contribution in [0.5, 0.6) is 0 Å². The maximum atomic E-state index is 5.94. The summed E-state index contributed by atoms with van der Waals surface area (Å²) in [5.74, 6) is 0.585. The molecule has 1 atom stereocenters. The van der Waals surface area contributed by atoms with Gasteiger partial charge in [-0.15, -0.1) is 0 Å². The zero-order valence-electron chi connectivity index (χ0n) is 9.93. The fraction of sp³-hybridized carbons (Fsp3) is 0.214. The molecule has 3 N–H and O–H groups in total. The highest BCUT2D eigenvalue weighted by atomic mass is 14.9. The summed E-state index contributed by atoms with van der Waals surface area (Å²) in [5.41, 5.74) is 8.17. The number of nitrogens with zero attached hydrogens (tertiary/aromatic N) is 1. The molecule has 0 saturated heterocycles. The predicted molar refractivity (Wildman–Crippen MR) is 70.6 cm³/mol. The molecule has 88 valence electrons. The molecule has 1 aromatic carbocycles. The first kappa shape index (κ1) is 11.6. The molecule has 0 aliphatic rings. The van der Waals surface area contributed by atoms with E-state index >= 15 is 0 Å². The van der Waals surface area contributed by atoms with Crippen LogP contribution < -0.4 is 11.1 Å². The number of nitrogens with two attached hydrogens (primary N) is 1. The van der Waals surface area contributed by atoms with Gasteiger partial charge in [-0.2, -0.15) is 0 Å². The van der Waals surface area contributed by atoms with Gasteiger partial charge in [0.2, 0.25) is 0 Å². The smallest absolute Gasteiger partial charge is 0.128 e. The van der Waals surface area contributed by atoms with Gasteiger partial charge >= 0.3 is 0 Å². The topological polar surface area (TPSA) is 50.9 Å². The molecule has 17 heavy (non-hydrogen) atoms. The second kappa shape index (κ2) is 5.46. The number of rotatable bonds is 4. The van der Waals surface area contributed by atoms with Gasteiger partial charge in [-0.1, -0.05) is 43.3 Å². The van der Waals surface area contributed by atoms with Gasteiger partial charge in [-0.3, -0.25) is 0 Å². The van der Waals surface area contributed by atoms with E-state index in [2.05, 4.69) is 29.4 Å². The van der Waals surface area contributed by atoms with Crippen molar-refractivity contribution in [3.63, 3.8) is 0 Å². The van der Waals surface area contributed by atoms with Gasteiger partial charge in [-0.25, -0.2) is 4.98 Å². The van der Waals surface area contributed by atoms with Gasteiger partial charge in [0.25, 0.3) is 0 Å². The predicted octanol–water partition coefficient (Wildman–Crippen LogP) is 2.36. The van der Waals surface area contributed by atoms with Crippen molar-refractivity contribution in [3.8, 4) is 0 Å². The molecule has 0 spiro atoms. The lowest BCUT2D eigenvalue weighted by molar-refractivity contribution is 0.630. The molecule has 1 unspecified atom stereocenters. The summed E-state index contributed by atoms with van der Waals surface area (Å²) in [6.07, 6.45) is 1.72. The zero-order valence-corrected chi connectivity index (χ0v) is 9.93. The third-order valence-corrected chi connectivity index (χ3v) is 2.72. The van der Waals surface area contributed by atoms with Crippen LogP contribution in [0.4, 0.5) is 5.82 Å². The molecule has 0 radical (unpaired) electrons. The minimum absolute atomic E-state index is 0.106. The summed E-state index contributed by atoms with van der Waals surface area (Å²) < 4.78 is 0. The molecule has 0 bridgehead atoms. The number of benzene rings is 1. The molecule has 0 amide bonds. The molecule has 3 heteroatoms. The van der Waals surface area contributed by atoms with Crippen molar-refractivity contribution in [2.45, 2.75) is 13.0 Å². The Morgan fingerprint density at radius 1 is 1.18 bits per heavy atom. The number of nitrogen functional groups attached to an aromatic ring is 1. The van der Waals surface area contributed by atoms with Crippen molar-refractivity contribution in [1.29, 1.82) is 0 Å². The zero-order chi connectivity index (χ0) is 12.1. The van der Waals surface area contributed by atoms with Crippen molar-refractivity contribution < 1.29 is 0 Å². The highest BCUT2D eigenvalue weighted by Gasteiger charge is 2.15. The number of anilines is 1. The first-order valence-corrected chi connectivity index (χ1v) is 5.81. The van der Waals surface area contributed by atoms with Crippen LogP contribution in [0.2, 0.25) is 0 Å². The summed E-state index contributed by atoms with van der Waals surface area (Å²) in [4.78, 5) is 4.15. The van der Waals surface area contributed by atoms with E-state index in [4.69, 9.17) is 5.73 Å². The normalized spacial score (nSPS) is 12.3. The average molecular weight is 227 g/mol. The maximum absolute atomic E-state index is 5.94. The van der Waals surface area contributed by atoms with Gasteiger partial charge in [-0.05, 0) is 18.2 Å². The van der Waals surface area contributed by atoms with E-state index < -0.39 is 0 Å². The quantitative estimate of drug-likeness (QED) is 0.843. The van der Waals surface area contributed by atoms with Gasteiger partial charge in [0.05, 0.1) is 6.04 Å². The summed E-state index contributed by atoms with van der Waals surface area (Å²) in [7, 11) is 0. The molecule has 0 aliphatic carbocycles. The number of nitrogens with one attached hydrogen (secondary N) is 1. The first-order valence-electron chi connectivity index (χ1n) is 5.81. The second-order valence-corrected chi connectivity index (χ2v) is 3.88. The monoisotopic (exact) mass is 227 g/mol. The van der Waals surface area contributed by atoms with E-state index in [9.17, 15) is 0 Å². The largest absolute Gasteiger partial charge is 0.383 e. The fourth-order valence-corrected chi connectivity index (χ4v) is 1.93.